The van der Waals surface area contributed by atoms with Crippen molar-refractivity contribution in [2.24, 2.45) is 0 Å². The van der Waals surface area contributed by atoms with Crippen molar-refractivity contribution in [3.8, 4) is 0 Å². The van der Waals surface area contributed by atoms with E-state index < -0.39 is 24.9 Å². The maximum atomic E-state index is 11.8. The van der Waals surface area contributed by atoms with Gasteiger partial charge in [-0.25, -0.2) is 0 Å². The molecular weight excluding hydrogens is 247 g/mol. The number of halogens is 3. The minimum atomic E-state index is -4.25. The van der Waals surface area contributed by atoms with Crippen LogP contribution in [-0.2, 0) is 9.53 Å². The molecule has 106 valence electrons. The Bertz CT molecular complexity index is 250. The largest absolute Gasteiger partial charge is 0.389 e. The fraction of sp³-hybridized carbons (Fsp3) is 0.917. The molecule has 0 aliphatic carbocycles. The Balaban J connectivity index is 1.92. The molecule has 1 atom stereocenters. The molecule has 1 heterocycles. The van der Waals surface area contributed by atoms with Gasteiger partial charge in [0.15, 0.2) is 0 Å². The summed E-state index contributed by atoms with van der Waals surface area (Å²) < 4.78 is 41.0. The lowest BCUT2D eigenvalue weighted by Gasteiger charge is -2.09. The van der Waals surface area contributed by atoms with Gasteiger partial charge < -0.3 is 10.1 Å². The normalized spacial score (nSPS) is 20.1. The van der Waals surface area contributed by atoms with E-state index in [1.165, 1.54) is 0 Å². The highest BCUT2D eigenvalue weighted by Gasteiger charge is 2.27. The third-order valence-corrected chi connectivity index (χ3v) is 2.93. The van der Waals surface area contributed by atoms with E-state index >= 15 is 0 Å². The van der Waals surface area contributed by atoms with Crippen LogP contribution in [0.15, 0.2) is 0 Å². The highest BCUT2D eigenvalue weighted by Crippen LogP contribution is 2.21. The molecule has 0 aromatic heterocycles. The minimum absolute atomic E-state index is 0.339. The molecule has 0 radical (unpaired) electrons. The second-order valence-corrected chi connectivity index (χ2v) is 4.60. The molecule has 0 bridgehead atoms. The Hall–Kier alpha value is -0.780. The van der Waals surface area contributed by atoms with Crippen LogP contribution in [0.25, 0.3) is 0 Å². The number of amides is 1. The molecule has 3 nitrogen and oxygen atoms in total. The van der Waals surface area contributed by atoms with E-state index in [9.17, 15) is 18.0 Å². The third-order valence-electron chi connectivity index (χ3n) is 2.93. The van der Waals surface area contributed by atoms with E-state index in [0.29, 0.717) is 12.6 Å². The maximum absolute atomic E-state index is 11.8. The van der Waals surface area contributed by atoms with Crippen LogP contribution in [0.4, 0.5) is 13.2 Å². The lowest BCUT2D eigenvalue weighted by atomic mass is 10.1. The summed E-state index contributed by atoms with van der Waals surface area (Å²) in [6, 6.07) is 0. The summed E-state index contributed by atoms with van der Waals surface area (Å²) in [5.74, 6) is -0.524. The minimum Gasteiger partial charge on any atom is -0.378 e. The van der Waals surface area contributed by atoms with Crippen LogP contribution < -0.4 is 5.32 Å². The number of alkyl halides is 3. The Labute approximate surface area is 105 Å². The van der Waals surface area contributed by atoms with Crippen LogP contribution in [-0.4, -0.2) is 31.3 Å². The molecule has 0 saturated carbocycles. The third kappa shape index (κ3) is 7.53. The van der Waals surface area contributed by atoms with Gasteiger partial charge in [0.2, 0.25) is 5.91 Å². The average molecular weight is 267 g/mol. The van der Waals surface area contributed by atoms with E-state index in [0.717, 1.165) is 38.7 Å². The summed E-state index contributed by atoms with van der Waals surface area (Å²) >= 11 is 0. The van der Waals surface area contributed by atoms with Crippen LogP contribution in [0.5, 0.6) is 0 Å². The molecule has 0 unspecified atom stereocenters. The summed E-state index contributed by atoms with van der Waals surface area (Å²) in [7, 11) is 0. The van der Waals surface area contributed by atoms with Crippen LogP contribution >= 0.6 is 0 Å². The van der Waals surface area contributed by atoms with Crippen LogP contribution in [0.1, 0.15) is 44.9 Å². The highest BCUT2D eigenvalue weighted by atomic mass is 19.4. The van der Waals surface area contributed by atoms with Gasteiger partial charge in [-0.3, -0.25) is 4.79 Å². The van der Waals surface area contributed by atoms with Crippen molar-refractivity contribution in [3.05, 3.63) is 0 Å². The number of carbonyl (C=O) groups excluding carboxylic acids is 1. The molecule has 1 rings (SSSR count). The van der Waals surface area contributed by atoms with Gasteiger partial charge in [-0.15, -0.1) is 0 Å². The SMILES string of the molecule is O=C(CCC(F)(F)F)NCCCC[C@@H]1CCCO1. The quantitative estimate of drug-likeness (QED) is 0.720. The average Bonchev–Trinajstić information content (AvgIpc) is 2.78. The smallest absolute Gasteiger partial charge is 0.378 e. The topological polar surface area (TPSA) is 38.3 Å². The monoisotopic (exact) mass is 267 g/mol. The van der Waals surface area contributed by atoms with Crippen molar-refractivity contribution in [1.82, 2.24) is 5.32 Å². The number of carbonyl (C=O) groups is 1. The van der Waals surface area contributed by atoms with Crippen molar-refractivity contribution < 1.29 is 22.7 Å². The van der Waals surface area contributed by atoms with E-state index in [4.69, 9.17) is 4.74 Å². The zero-order valence-corrected chi connectivity index (χ0v) is 10.4. The first kappa shape index (κ1) is 15.3. The zero-order chi connectivity index (χ0) is 13.4. The summed E-state index contributed by atoms with van der Waals surface area (Å²) in [5.41, 5.74) is 0. The summed E-state index contributed by atoms with van der Waals surface area (Å²) in [5, 5.41) is 2.50. The molecule has 1 N–H and O–H groups in total. The molecule has 1 aliphatic heterocycles. The van der Waals surface area contributed by atoms with Crippen molar-refractivity contribution in [1.29, 1.82) is 0 Å². The Morgan fingerprint density at radius 3 is 2.72 bits per heavy atom. The molecular formula is C12H20F3NO2. The summed E-state index contributed by atoms with van der Waals surface area (Å²) in [6.07, 6.45) is -0.538. The van der Waals surface area contributed by atoms with Gasteiger partial charge in [0, 0.05) is 19.6 Å². The Morgan fingerprint density at radius 1 is 1.33 bits per heavy atom. The molecule has 0 aromatic rings. The van der Waals surface area contributed by atoms with Gasteiger partial charge in [-0.1, -0.05) is 0 Å². The van der Waals surface area contributed by atoms with Crippen molar-refractivity contribution in [2.75, 3.05) is 13.2 Å². The van der Waals surface area contributed by atoms with Gasteiger partial charge >= 0.3 is 6.18 Å². The fourth-order valence-electron chi connectivity index (χ4n) is 1.94. The van der Waals surface area contributed by atoms with E-state index in [1.54, 1.807) is 0 Å². The second-order valence-electron chi connectivity index (χ2n) is 4.60. The molecule has 1 aliphatic rings. The molecule has 0 spiro atoms. The van der Waals surface area contributed by atoms with Gasteiger partial charge in [-0.2, -0.15) is 13.2 Å². The Kier molecular flexibility index (Phi) is 6.46. The summed E-state index contributed by atoms with van der Waals surface area (Å²) in [6.45, 7) is 1.28. The van der Waals surface area contributed by atoms with Crippen LogP contribution in [0.2, 0.25) is 0 Å². The summed E-state index contributed by atoms with van der Waals surface area (Å²) in [4.78, 5) is 11.1. The van der Waals surface area contributed by atoms with Gasteiger partial charge in [0.25, 0.3) is 0 Å². The lowest BCUT2D eigenvalue weighted by Crippen LogP contribution is -2.26. The fourth-order valence-corrected chi connectivity index (χ4v) is 1.94. The molecule has 1 fully saturated rings. The number of nitrogens with one attached hydrogen (secondary N) is 1. The number of ether oxygens (including phenoxy) is 1. The highest BCUT2D eigenvalue weighted by molar-refractivity contribution is 5.75. The van der Waals surface area contributed by atoms with E-state index in [-0.39, 0.29) is 0 Å². The number of hydrogen-bond donors (Lipinski definition) is 1. The number of hydrogen-bond acceptors (Lipinski definition) is 2. The van der Waals surface area contributed by atoms with E-state index in [2.05, 4.69) is 5.32 Å². The maximum Gasteiger partial charge on any atom is 0.389 e. The first-order valence-corrected chi connectivity index (χ1v) is 6.42. The zero-order valence-electron chi connectivity index (χ0n) is 10.4. The van der Waals surface area contributed by atoms with E-state index in [1.807, 2.05) is 0 Å². The Morgan fingerprint density at radius 2 is 2.11 bits per heavy atom. The first-order valence-electron chi connectivity index (χ1n) is 6.42. The van der Waals surface area contributed by atoms with Crippen molar-refractivity contribution in [3.63, 3.8) is 0 Å². The molecule has 1 saturated heterocycles. The van der Waals surface area contributed by atoms with Gasteiger partial charge in [0.05, 0.1) is 12.5 Å². The van der Waals surface area contributed by atoms with Crippen molar-refractivity contribution in [2.45, 2.75) is 57.2 Å². The van der Waals surface area contributed by atoms with Gasteiger partial charge in [-0.05, 0) is 32.1 Å². The van der Waals surface area contributed by atoms with Gasteiger partial charge in [0.1, 0.15) is 0 Å². The molecule has 0 aromatic carbocycles. The van der Waals surface area contributed by atoms with Crippen molar-refractivity contribution >= 4 is 5.91 Å². The first-order chi connectivity index (χ1) is 8.47. The second kappa shape index (κ2) is 7.61. The van der Waals surface area contributed by atoms with Crippen LogP contribution in [0.3, 0.4) is 0 Å². The number of rotatable bonds is 7. The predicted molar refractivity (Wildman–Crippen MR) is 61.1 cm³/mol. The molecule has 18 heavy (non-hydrogen) atoms. The van der Waals surface area contributed by atoms with Crippen LogP contribution in [0, 0.1) is 0 Å². The number of unbranched alkanes of at least 4 members (excludes halogenated alkanes) is 1. The lowest BCUT2D eigenvalue weighted by molar-refractivity contribution is -0.144. The standard InChI is InChI=1S/C12H20F3NO2/c13-12(14,15)7-6-11(17)16-8-2-1-4-10-5-3-9-18-10/h10H,1-9H2,(H,16,17)/t10-/m1/s1. The molecule has 6 heteroatoms. The molecule has 1 amide bonds. The predicted octanol–water partition coefficient (Wildman–Crippen LogP) is 2.79.